The molecule has 0 fully saturated rings. The van der Waals surface area contributed by atoms with Crippen LogP contribution in [0.5, 0.6) is 11.5 Å². The number of terminal acetylenes is 1. The molecule has 0 aliphatic heterocycles. The van der Waals surface area contributed by atoms with Gasteiger partial charge in [-0.05, 0) is 30.5 Å². The molecule has 0 spiro atoms. The van der Waals surface area contributed by atoms with E-state index in [1.807, 2.05) is 0 Å². The number of amides is 1. The third kappa shape index (κ3) is 7.46. The molecule has 150 valence electrons. The minimum absolute atomic E-state index is 0.0584. The first-order chi connectivity index (χ1) is 12.7. The first kappa shape index (κ1) is 22.8. The Morgan fingerprint density at radius 2 is 2.00 bits per heavy atom. The van der Waals surface area contributed by atoms with E-state index >= 15 is 0 Å². The van der Waals surface area contributed by atoms with Gasteiger partial charge in [-0.2, -0.15) is 0 Å². The molecule has 9 heteroatoms. The molecule has 0 bridgehead atoms. The average Bonchev–Trinajstić information content (AvgIpc) is 2.64. The third-order valence-electron chi connectivity index (χ3n) is 3.59. The van der Waals surface area contributed by atoms with Crippen LogP contribution in [0.2, 0.25) is 0 Å². The smallest absolute Gasteiger partial charge is 0.261 e. The normalized spacial score (nSPS) is 12.3. The molecule has 0 saturated carbocycles. The molecule has 0 saturated heterocycles. The summed E-state index contributed by atoms with van der Waals surface area (Å²) in [5.74, 6) is 2.42. The van der Waals surface area contributed by atoms with Crippen LogP contribution in [0.15, 0.2) is 18.2 Å². The van der Waals surface area contributed by atoms with Crippen molar-refractivity contribution < 1.29 is 27.5 Å². The number of hydrogen-bond donors (Lipinski definition) is 2. The molecular formula is C18H26N2O6S. The highest BCUT2D eigenvalue weighted by Crippen LogP contribution is 2.28. The summed E-state index contributed by atoms with van der Waals surface area (Å²) in [6.45, 7) is 5.15. The van der Waals surface area contributed by atoms with Gasteiger partial charge >= 0.3 is 0 Å². The summed E-state index contributed by atoms with van der Waals surface area (Å²) in [5.41, 5.74) is 3.00. The predicted molar refractivity (Wildman–Crippen MR) is 101 cm³/mol. The molecule has 1 atom stereocenters. The van der Waals surface area contributed by atoms with Gasteiger partial charge in [-0.15, -0.1) is 6.42 Å². The maximum atomic E-state index is 12.2. The summed E-state index contributed by atoms with van der Waals surface area (Å²) in [7, 11) is -2.02. The lowest BCUT2D eigenvalue weighted by Gasteiger charge is -2.21. The fourth-order valence-corrected chi connectivity index (χ4v) is 3.00. The van der Waals surface area contributed by atoms with E-state index in [2.05, 4.69) is 16.1 Å². The highest BCUT2D eigenvalue weighted by Gasteiger charge is 2.26. The van der Waals surface area contributed by atoms with Crippen LogP contribution in [-0.2, 0) is 26.3 Å². The SMILES string of the molecule is C#CCOc1ccc(CONC(=O)C(NS(=O)(=O)CC)C(C)C)cc1OC. The molecule has 8 nitrogen and oxygen atoms in total. The summed E-state index contributed by atoms with van der Waals surface area (Å²) in [5, 5.41) is 0. The van der Waals surface area contributed by atoms with Gasteiger partial charge in [0.05, 0.1) is 19.5 Å². The van der Waals surface area contributed by atoms with E-state index in [1.165, 1.54) is 14.0 Å². The lowest BCUT2D eigenvalue weighted by Crippen LogP contribution is -2.49. The number of rotatable bonds is 11. The fraction of sp³-hybridized carbons (Fsp3) is 0.500. The van der Waals surface area contributed by atoms with Crippen molar-refractivity contribution in [3.05, 3.63) is 23.8 Å². The van der Waals surface area contributed by atoms with E-state index in [1.54, 1.807) is 32.0 Å². The molecule has 0 heterocycles. The molecule has 0 aromatic heterocycles. The number of benzene rings is 1. The molecular weight excluding hydrogens is 372 g/mol. The van der Waals surface area contributed by atoms with Gasteiger partial charge in [0.2, 0.25) is 10.0 Å². The Kier molecular flexibility index (Phi) is 9.08. The van der Waals surface area contributed by atoms with Crippen molar-refractivity contribution >= 4 is 15.9 Å². The van der Waals surface area contributed by atoms with Gasteiger partial charge in [0.25, 0.3) is 5.91 Å². The van der Waals surface area contributed by atoms with E-state index in [4.69, 9.17) is 20.7 Å². The van der Waals surface area contributed by atoms with Crippen molar-refractivity contribution in [2.24, 2.45) is 5.92 Å². The first-order valence-corrected chi connectivity index (χ1v) is 10.0. The second-order valence-electron chi connectivity index (χ2n) is 5.98. The molecule has 1 amide bonds. The van der Waals surface area contributed by atoms with Crippen molar-refractivity contribution in [2.75, 3.05) is 19.5 Å². The van der Waals surface area contributed by atoms with Crippen molar-refractivity contribution in [1.82, 2.24) is 10.2 Å². The zero-order valence-corrected chi connectivity index (χ0v) is 16.8. The van der Waals surface area contributed by atoms with Crippen LogP contribution in [0, 0.1) is 18.3 Å². The lowest BCUT2D eigenvalue weighted by molar-refractivity contribution is -0.137. The molecule has 0 radical (unpaired) electrons. The summed E-state index contributed by atoms with van der Waals surface area (Å²) >= 11 is 0. The molecule has 1 aromatic rings. The highest BCUT2D eigenvalue weighted by atomic mass is 32.2. The van der Waals surface area contributed by atoms with Gasteiger partial charge < -0.3 is 9.47 Å². The van der Waals surface area contributed by atoms with E-state index in [-0.39, 0.29) is 24.9 Å². The minimum atomic E-state index is -3.52. The Morgan fingerprint density at radius 1 is 1.30 bits per heavy atom. The summed E-state index contributed by atoms with van der Waals surface area (Å²) in [6.07, 6.45) is 5.17. The number of carbonyl (C=O) groups is 1. The van der Waals surface area contributed by atoms with Crippen LogP contribution in [0.1, 0.15) is 26.3 Å². The number of methoxy groups -OCH3 is 1. The van der Waals surface area contributed by atoms with Crippen LogP contribution >= 0.6 is 0 Å². The Morgan fingerprint density at radius 3 is 2.56 bits per heavy atom. The second-order valence-corrected chi connectivity index (χ2v) is 8.02. The molecule has 1 rings (SSSR count). The summed E-state index contributed by atoms with van der Waals surface area (Å²) in [6, 6.07) is 4.19. The number of ether oxygens (including phenoxy) is 2. The summed E-state index contributed by atoms with van der Waals surface area (Å²) in [4.78, 5) is 17.5. The Balaban J connectivity index is 2.67. The van der Waals surface area contributed by atoms with Gasteiger partial charge in [0, 0.05) is 0 Å². The second kappa shape index (κ2) is 10.8. The van der Waals surface area contributed by atoms with Crippen molar-refractivity contribution in [1.29, 1.82) is 0 Å². The monoisotopic (exact) mass is 398 g/mol. The summed E-state index contributed by atoms with van der Waals surface area (Å²) < 4.78 is 36.4. The fourth-order valence-electron chi connectivity index (χ4n) is 2.06. The zero-order chi connectivity index (χ0) is 20.4. The van der Waals surface area contributed by atoms with Crippen LogP contribution in [-0.4, -0.2) is 39.8 Å². The molecule has 2 N–H and O–H groups in total. The Labute approximate surface area is 160 Å². The number of hydrogen-bond acceptors (Lipinski definition) is 6. The molecule has 0 aliphatic rings. The molecule has 1 unspecified atom stereocenters. The van der Waals surface area contributed by atoms with Gasteiger partial charge in [-0.25, -0.2) is 18.6 Å². The Hall–Kier alpha value is -2.28. The van der Waals surface area contributed by atoms with E-state index in [9.17, 15) is 13.2 Å². The third-order valence-corrected chi connectivity index (χ3v) is 4.96. The van der Waals surface area contributed by atoms with Gasteiger partial charge in [-0.3, -0.25) is 9.63 Å². The van der Waals surface area contributed by atoms with Crippen LogP contribution < -0.4 is 19.7 Å². The number of carbonyl (C=O) groups excluding carboxylic acids is 1. The average molecular weight is 398 g/mol. The largest absolute Gasteiger partial charge is 0.493 e. The first-order valence-electron chi connectivity index (χ1n) is 8.38. The molecule has 27 heavy (non-hydrogen) atoms. The van der Waals surface area contributed by atoms with E-state index < -0.39 is 22.0 Å². The Bertz CT molecular complexity index is 771. The minimum Gasteiger partial charge on any atom is -0.493 e. The zero-order valence-electron chi connectivity index (χ0n) is 15.9. The topological polar surface area (TPSA) is 103 Å². The van der Waals surface area contributed by atoms with E-state index in [0.717, 1.165) is 5.56 Å². The quantitative estimate of drug-likeness (QED) is 0.429. The maximum absolute atomic E-state index is 12.2. The van der Waals surface area contributed by atoms with Gasteiger partial charge in [0.15, 0.2) is 11.5 Å². The van der Waals surface area contributed by atoms with Gasteiger partial charge in [0.1, 0.15) is 12.6 Å². The van der Waals surface area contributed by atoms with Gasteiger partial charge in [-0.1, -0.05) is 25.8 Å². The number of hydroxylamine groups is 1. The van der Waals surface area contributed by atoms with Crippen molar-refractivity contribution in [3.63, 3.8) is 0 Å². The standard InChI is InChI=1S/C18H26N2O6S/c1-6-10-25-15-9-8-14(11-16(15)24-5)12-26-19-18(21)17(13(3)4)20-27(22,23)7-2/h1,8-9,11,13,17,20H,7,10,12H2,2-5H3,(H,19,21). The number of sulfonamides is 1. The maximum Gasteiger partial charge on any atom is 0.261 e. The highest BCUT2D eigenvalue weighted by molar-refractivity contribution is 7.89. The lowest BCUT2D eigenvalue weighted by atomic mass is 10.1. The van der Waals surface area contributed by atoms with Crippen molar-refractivity contribution in [3.8, 4) is 23.8 Å². The van der Waals surface area contributed by atoms with E-state index in [0.29, 0.717) is 11.5 Å². The predicted octanol–water partition coefficient (Wildman–Crippen LogP) is 1.22. The molecule has 1 aromatic carbocycles. The number of nitrogens with one attached hydrogen (secondary N) is 2. The van der Waals surface area contributed by atoms with Crippen LogP contribution in [0.3, 0.4) is 0 Å². The van der Waals surface area contributed by atoms with Crippen molar-refractivity contribution in [2.45, 2.75) is 33.4 Å². The van der Waals surface area contributed by atoms with Crippen LogP contribution in [0.4, 0.5) is 0 Å². The van der Waals surface area contributed by atoms with Crippen LogP contribution in [0.25, 0.3) is 0 Å². The molecule has 0 aliphatic carbocycles.